The van der Waals surface area contributed by atoms with Crippen LogP contribution in [0.3, 0.4) is 0 Å². The Morgan fingerprint density at radius 3 is 2.83 bits per heavy atom. The largest absolute Gasteiger partial charge is 0.374 e. The van der Waals surface area contributed by atoms with Gasteiger partial charge in [0, 0.05) is 25.1 Å². The molecule has 0 aliphatic rings. The zero-order valence-electron chi connectivity index (χ0n) is 9.71. The molecule has 2 aromatic heterocycles. The SMILES string of the molecule is CNc1nsnc1NCCSCc1nnc(N)s1. The van der Waals surface area contributed by atoms with Gasteiger partial charge >= 0.3 is 0 Å². The van der Waals surface area contributed by atoms with Gasteiger partial charge in [-0.2, -0.15) is 20.5 Å². The lowest BCUT2D eigenvalue weighted by atomic mass is 10.6. The molecule has 0 unspecified atom stereocenters. The smallest absolute Gasteiger partial charge is 0.203 e. The van der Waals surface area contributed by atoms with Crippen molar-refractivity contribution in [1.82, 2.24) is 18.9 Å². The van der Waals surface area contributed by atoms with Crippen LogP contribution in [0.25, 0.3) is 0 Å². The molecule has 2 rings (SSSR count). The third-order valence-electron chi connectivity index (χ3n) is 1.97. The van der Waals surface area contributed by atoms with Crippen molar-refractivity contribution in [1.29, 1.82) is 0 Å². The average molecular weight is 303 g/mol. The Bertz CT molecular complexity index is 482. The Balaban J connectivity index is 1.64. The highest BCUT2D eigenvalue weighted by Crippen LogP contribution is 2.19. The maximum absolute atomic E-state index is 5.51. The van der Waals surface area contributed by atoms with Crippen LogP contribution < -0.4 is 16.4 Å². The fourth-order valence-electron chi connectivity index (χ4n) is 1.19. The minimum Gasteiger partial charge on any atom is -0.374 e. The van der Waals surface area contributed by atoms with Crippen LogP contribution in [0, 0.1) is 0 Å². The summed E-state index contributed by atoms with van der Waals surface area (Å²) in [5, 5.41) is 15.4. The van der Waals surface area contributed by atoms with E-state index in [-0.39, 0.29) is 0 Å². The molecule has 2 heterocycles. The number of anilines is 3. The number of rotatable bonds is 7. The fourth-order valence-corrected chi connectivity index (χ4v) is 3.24. The Kier molecular flexibility index (Phi) is 4.96. The van der Waals surface area contributed by atoms with Crippen molar-refractivity contribution < 1.29 is 0 Å². The first kappa shape index (κ1) is 13.3. The summed E-state index contributed by atoms with van der Waals surface area (Å²) in [6, 6.07) is 0. The van der Waals surface area contributed by atoms with Gasteiger partial charge in [-0.3, -0.25) is 0 Å². The van der Waals surface area contributed by atoms with Crippen LogP contribution >= 0.6 is 34.8 Å². The van der Waals surface area contributed by atoms with Crippen LogP contribution in [0.1, 0.15) is 5.01 Å². The van der Waals surface area contributed by atoms with E-state index in [9.17, 15) is 0 Å². The lowest BCUT2D eigenvalue weighted by Gasteiger charge is -2.03. The Hall–Kier alpha value is -1.13. The van der Waals surface area contributed by atoms with Gasteiger partial charge in [0.05, 0.1) is 11.7 Å². The maximum atomic E-state index is 5.51. The number of nitrogens with one attached hydrogen (secondary N) is 2. The number of thioether (sulfide) groups is 1. The van der Waals surface area contributed by atoms with E-state index < -0.39 is 0 Å². The van der Waals surface area contributed by atoms with E-state index in [2.05, 4.69) is 29.6 Å². The third-order valence-corrected chi connectivity index (χ3v) is 4.41. The molecule has 98 valence electrons. The Labute approximate surface area is 117 Å². The van der Waals surface area contributed by atoms with Gasteiger partial charge in [-0.05, 0) is 0 Å². The first-order chi connectivity index (χ1) is 8.79. The molecule has 0 amide bonds. The molecule has 0 spiro atoms. The van der Waals surface area contributed by atoms with Gasteiger partial charge in [-0.25, -0.2) is 0 Å². The predicted molar refractivity (Wildman–Crippen MR) is 78.4 cm³/mol. The molecule has 0 aliphatic carbocycles. The fraction of sp³-hybridized carbons (Fsp3) is 0.500. The molecule has 0 fully saturated rings. The third kappa shape index (κ3) is 3.68. The molecule has 2 aromatic rings. The molecule has 0 aliphatic heterocycles. The van der Waals surface area contributed by atoms with Crippen molar-refractivity contribution in [3.8, 4) is 0 Å². The van der Waals surface area contributed by atoms with Crippen molar-refractivity contribution >= 4 is 51.6 Å². The Morgan fingerprint density at radius 1 is 1.28 bits per heavy atom. The first-order valence-electron chi connectivity index (χ1n) is 5.19. The Morgan fingerprint density at radius 2 is 2.11 bits per heavy atom. The van der Waals surface area contributed by atoms with Gasteiger partial charge in [0.25, 0.3) is 0 Å². The van der Waals surface area contributed by atoms with E-state index >= 15 is 0 Å². The number of hydrogen-bond acceptors (Lipinski definition) is 10. The average Bonchev–Trinajstić information content (AvgIpc) is 2.97. The summed E-state index contributed by atoms with van der Waals surface area (Å²) in [5.41, 5.74) is 5.51. The van der Waals surface area contributed by atoms with Crippen molar-refractivity contribution in [2.75, 3.05) is 35.7 Å². The highest BCUT2D eigenvalue weighted by molar-refractivity contribution is 7.98. The van der Waals surface area contributed by atoms with E-state index in [1.165, 1.54) is 23.1 Å². The second-order valence-corrected chi connectivity index (χ2v) is 5.95. The summed E-state index contributed by atoms with van der Waals surface area (Å²) in [6.07, 6.45) is 0. The van der Waals surface area contributed by atoms with Crippen molar-refractivity contribution in [2.24, 2.45) is 0 Å². The molecule has 0 radical (unpaired) electrons. The molecular weight excluding hydrogens is 290 g/mol. The molecule has 4 N–H and O–H groups in total. The van der Waals surface area contributed by atoms with Crippen molar-refractivity contribution in [2.45, 2.75) is 5.75 Å². The van der Waals surface area contributed by atoms with Gasteiger partial charge in [0.1, 0.15) is 5.01 Å². The van der Waals surface area contributed by atoms with Crippen molar-refractivity contribution in [3.05, 3.63) is 5.01 Å². The summed E-state index contributed by atoms with van der Waals surface area (Å²) >= 11 is 4.40. The standard InChI is InChI=1S/C8H13N7S3/c1-10-6-7(15-18-14-6)11-2-3-16-4-5-12-13-8(9)17-5/h2-4H2,1H3,(H2,9,13)(H,10,14)(H,11,15). The summed E-state index contributed by atoms with van der Waals surface area (Å²) in [5.74, 6) is 3.40. The highest BCUT2D eigenvalue weighted by Gasteiger charge is 2.05. The molecule has 0 saturated carbocycles. The number of nitrogen functional groups attached to an aromatic ring is 1. The normalized spacial score (nSPS) is 10.5. The molecule has 0 saturated heterocycles. The van der Waals surface area contributed by atoms with Crippen LogP contribution in [0.4, 0.5) is 16.8 Å². The summed E-state index contributed by atoms with van der Waals surface area (Å²) in [7, 11) is 1.83. The molecule has 10 heteroatoms. The predicted octanol–water partition coefficient (Wildman–Crippen LogP) is 1.36. The topological polar surface area (TPSA) is 102 Å². The van der Waals surface area contributed by atoms with Gasteiger partial charge in [0.15, 0.2) is 11.6 Å². The molecule has 0 bridgehead atoms. The lowest BCUT2D eigenvalue weighted by Crippen LogP contribution is -2.06. The zero-order chi connectivity index (χ0) is 12.8. The molecule has 18 heavy (non-hydrogen) atoms. The maximum Gasteiger partial charge on any atom is 0.203 e. The summed E-state index contributed by atoms with van der Waals surface area (Å²) in [6.45, 7) is 0.832. The highest BCUT2D eigenvalue weighted by atomic mass is 32.2. The first-order valence-corrected chi connectivity index (χ1v) is 7.89. The molecule has 0 aromatic carbocycles. The van der Waals surface area contributed by atoms with Crippen LogP contribution in [-0.2, 0) is 5.75 Å². The van der Waals surface area contributed by atoms with E-state index in [1.54, 1.807) is 11.8 Å². The van der Waals surface area contributed by atoms with Crippen LogP contribution in [0.2, 0.25) is 0 Å². The molecule has 0 atom stereocenters. The number of nitrogens with zero attached hydrogens (tertiary/aromatic N) is 4. The van der Waals surface area contributed by atoms with Gasteiger partial charge in [-0.1, -0.05) is 11.3 Å². The minimum atomic E-state index is 0.524. The molecular formula is C8H13N7S3. The number of nitrogens with two attached hydrogens (primary N) is 1. The van der Waals surface area contributed by atoms with Crippen LogP contribution in [-0.4, -0.2) is 38.3 Å². The van der Waals surface area contributed by atoms with Crippen LogP contribution in [0.5, 0.6) is 0 Å². The van der Waals surface area contributed by atoms with E-state index in [0.29, 0.717) is 5.13 Å². The van der Waals surface area contributed by atoms with E-state index in [0.717, 1.165) is 34.7 Å². The van der Waals surface area contributed by atoms with Gasteiger partial charge in [-0.15, -0.1) is 10.2 Å². The van der Waals surface area contributed by atoms with Gasteiger partial charge < -0.3 is 16.4 Å². The lowest BCUT2D eigenvalue weighted by molar-refractivity contribution is 1.05. The van der Waals surface area contributed by atoms with E-state index in [4.69, 9.17) is 5.73 Å². The van der Waals surface area contributed by atoms with Crippen LogP contribution in [0.15, 0.2) is 0 Å². The van der Waals surface area contributed by atoms with E-state index in [1.807, 2.05) is 7.05 Å². The number of aromatic nitrogens is 4. The monoisotopic (exact) mass is 303 g/mol. The summed E-state index contributed by atoms with van der Waals surface area (Å²) < 4.78 is 8.26. The second-order valence-electron chi connectivity index (χ2n) is 3.22. The number of hydrogen-bond donors (Lipinski definition) is 3. The zero-order valence-corrected chi connectivity index (χ0v) is 12.2. The van der Waals surface area contributed by atoms with Crippen molar-refractivity contribution in [3.63, 3.8) is 0 Å². The minimum absolute atomic E-state index is 0.524. The van der Waals surface area contributed by atoms with Gasteiger partial charge in [0.2, 0.25) is 5.13 Å². The molecule has 7 nitrogen and oxygen atoms in total. The summed E-state index contributed by atoms with van der Waals surface area (Å²) in [4.78, 5) is 0. The quantitative estimate of drug-likeness (QED) is 0.659. The second kappa shape index (κ2) is 6.71.